The number of carbonyl (C=O) groups excluding carboxylic acids is 1. The number of benzene rings is 3. The molecule has 0 aliphatic carbocycles. The summed E-state index contributed by atoms with van der Waals surface area (Å²) in [6, 6.07) is 18.3. The standard InChI is InChI=1S/C22H23N3O6S2/c1-15(2)32(27,28)25-19-12-13-21(33(29,30)31)20(14-19)16-8-10-18(11-9-16)24-22(26)23-17-6-4-3-5-7-17/h3-15,25H,1-2H3,(H2,23,24,26)(H,29,30,31). The van der Waals surface area contributed by atoms with Gasteiger partial charge in [-0.15, -0.1) is 0 Å². The van der Waals surface area contributed by atoms with Gasteiger partial charge in [-0.25, -0.2) is 13.2 Å². The Labute approximate surface area is 192 Å². The first-order valence-corrected chi connectivity index (χ1v) is 12.8. The Bertz CT molecular complexity index is 1350. The maximum atomic E-state index is 12.2. The summed E-state index contributed by atoms with van der Waals surface area (Å²) in [4.78, 5) is 11.8. The number of nitrogens with one attached hydrogen (secondary N) is 3. The highest BCUT2D eigenvalue weighted by molar-refractivity contribution is 7.93. The van der Waals surface area contributed by atoms with Crippen molar-refractivity contribution in [1.82, 2.24) is 0 Å². The van der Waals surface area contributed by atoms with Gasteiger partial charge in [-0.1, -0.05) is 30.3 Å². The maximum Gasteiger partial charge on any atom is 0.323 e. The van der Waals surface area contributed by atoms with Gasteiger partial charge in [-0.05, 0) is 61.9 Å². The van der Waals surface area contributed by atoms with Crippen molar-refractivity contribution in [2.24, 2.45) is 0 Å². The van der Waals surface area contributed by atoms with Crippen molar-refractivity contribution in [1.29, 1.82) is 0 Å². The molecule has 0 aliphatic heterocycles. The fourth-order valence-corrected chi connectivity index (χ4v) is 4.26. The zero-order chi connectivity index (χ0) is 24.2. The number of hydrogen-bond donors (Lipinski definition) is 4. The van der Waals surface area contributed by atoms with Crippen LogP contribution in [-0.4, -0.2) is 32.7 Å². The lowest BCUT2D eigenvalue weighted by atomic mass is 10.0. The molecular formula is C22H23N3O6S2. The predicted molar refractivity (Wildman–Crippen MR) is 128 cm³/mol. The second kappa shape index (κ2) is 9.61. The van der Waals surface area contributed by atoms with E-state index in [0.29, 0.717) is 16.9 Å². The fourth-order valence-electron chi connectivity index (χ4n) is 2.87. The van der Waals surface area contributed by atoms with Gasteiger partial charge in [0.2, 0.25) is 10.0 Å². The third kappa shape index (κ3) is 6.31. The van der Waals surface area contributed by atoms with Gasteiger partial charge in [0.15, 0.2) is 0 Å². The summed E-state index contributed by atoms with van der Waals surface area (Å²) in [5.41, 5.74) is 1.70. The highest BCUT2D eigenvalue weighted by Gasteiger charge is 2.20. The van der Waals surface area contributed by atoms with Crippen LogP contribution in [0.25, 0.3) is 11.1 Å². The fraction of sp³-hybridized carbons (Fsp3) is 0.136. The minimum Gasteiger partial charge on any atom is -0.308 e. The maximum absolute atomic E-state index is 12.2. The van der Waals surface area contributed by atoms with E-state index in [-0.39, 0.29) is 16.1 Å². The molecule has 3 aromatic carbocycles. The van der Waals surface area contributed by atoms with E-state index in [1.807, 2.05) is 6.07 Å². The van der Waals surface area contributed by atoms with Gasteiger partial charge in [-0.3, -0.25) is 9.27 Å². The second-order valence-electron chi connectivity index (χ2n) is 7.40. The number of anilines is 3. The Morgan fingerprint density at radius 3 is 1.88 bits per heavy atom. The van der Waals surface area contributed by atoms with Gasteiger partial charge >= 0.3 is 6.03 Å². The first kappa shape index (κ1) is 24.2. The lowest BCUT2D eigenvalue weighted by Crippen LogP contribution is -2.22. The van der Waals surface area contributed by atoms with E-state index >= 15 is 0 Å². The summed E-state index contributed by atoms with van der Waals surface area (Å²) < 4.78 is 60.1. The Kier molecular flexibility index (Phi) is 7.06. The van der Waals surface area contributed by atoms with Crippen LogP contribution in [0, 0.1) is 0 Å². The van der Waals surface area contributed by atoms with Crippen LogP contribution in [0.4, 0.5) is 21.9 Å². The molecule has 0 atom stereocenters. The molecule has 33 heavy (non-hydrogen) atoms. The van der Waals surface area contributed by atoms with Crippen molar-refractivity contribution in [2.45, 2.75) is 24.0 Å². The summed E-state index contributed by atoms with van der Waals surface area (Å²) in [7, 11) is -8.24. The SMILES string of the molecule is CC(C)S(=O)(=O)Nc1ccc(S(=O)(=O)O)c(-c2ccc(NC(=O)Nc3ccccc3)cc2)c1. The summed E-state index contributed by atoms with van der Waals surface area (Å²) >= 11 is 0. The Hall–Kier alpha value is -3.41. The molecule has 0 saturated carbocycles. The lowest BCUT2D eigenvalue weighted by molar-refractivity contribution is 0.262. The summed E-state index contributed by atoms with van der Waals surface area (Å²) in [5.74, 6) is 0. The van der Waals surface area contributed by atoms with Crippen LogP contribution in [0.2, 0.25) is 0 Å². The number of rotatable bonds is 7. The minimum atomic E-state index is -4.58. The number of hydrogen-bond acceptors (Lipinski definition) is 5. The smallest absolute Gasteiger partial charge is 0.308 e. The van der Waals surface area contributed by atoms with Crippen molar-refractivity contribution in [3.63, 3.8) is 0 Å². The lowest BCUT2D eigenvalue weighted by Gasteiger charge is -2.14. The van der Waals surface area contributed by atoms with Crippen LogP contribution < -0.4 is 15.4 Å². The molecule has 174 valence electrons. The molecule has 0 saturated heterocycles. The second-order valence-corrected chi connectivity index (χ2v) is 11.0. The molecule has 3 rings (SSSR count). The van der Waals surface area contributed by atoms with Crippen molar-refractivity contribution >= 4 is 43.2 Å². The van der Waals surface area contributed by atoms with Gasteiger partial charge < -0.3 is 10.6 Å². The zero-order valence-corrected chi connectivity index (χ0v) is 19.4. The van der Waals surface area contributed by atoms with Crippen molar-refractivity contribution in [3.05, 3.63) is 72.8 Å². The molecule has 0 aromatic heterocycles. The van der Waals surface area contributed by atoms with E-state index in [4.69, 9.17) is 0 Å². The monoisotopic (exact) mass is 489 g/mol. The molecule has 9 nitrogen and oxygen atoms in total. The molecule has 0 radical (unpaired) electrons. The number of carbonyl (C=O) groups is 1. The molecule has 3 aromatic rings. The predicted octanol–water partition coefficient (Wildman–Crippen LogP) is 4.39. The zero-order valence-electron chi connectivity index (χ0n) is 17.8. The molecule has 2 amide bonds. The quantitative estimate of drug-likeness (QED) is 0.363. The third-order valence-corrected chi connectivity index (χ3v) is 7.30. The molecule has 11 heteroatoms. The molecule has 4 N–H and O–H groups in total. The summed E-state index contributed by atoms with van der Waals surface area (Å²) in [6.07, 6.45) is 0. The van der Waals surface area contributed by atoms with Crippen LogP contribution in [0.5, 0.6) is 0 Å². The molecule has 0 spiro atoms. The van der Waals surface area contributed by atoms with E-state index in [2.05, 4.69) is 15.4 Å². The van der Waals surface area contributed by atoms with Crippen molar-refractivity contribution in [2.75, 3.05) is 15.4 Å². The van der Waals surface area contributed by atoms with E-state index in [1.54, 1.807) is 48.5 Å². The van der Waals surface area contributed by atoms with Gasteiger partial charge in [0.1, 0.15) is 4.90 Å². The highest BCUT2D eigenvalue weighted by atomic mass is 32.2. The van der Waals surface area contributed by atoms with Gasteiger partial charge in [0.05, 0.1) is 5.25 Å². The Balaban J connectivity index is 1.88. The van der Waals surface area contributed by atoms with Crippen LogP contribution in [0.1, 0.15) is 13.8 Å². The van der Waals surface area contributed by atoms with Crippen LogP contribution in [-0.2, 0) is 20.1 Å². The molecule has 0 fully saturated rings. The van der Waals surface area contributed by atoms with Crippen LogP contribution in [0.15, 0.2) is 77.7 Å². The topological polar surface area (TPSA) is 142 Å². The Morgan fingerprint density at radius 2 is 1.33 bits per heavy atom. The first-order chi connectivity index (χ1) is 15.5. The largest absolute Gasteiger partial charge is 0.323 e. The average Bonchev–Trinajstić information content (AvgIpc) is 2.73. The van der Waals surface area contributed by atoms with Crippen molar-refractivity contribution in [3.8, 4) is 11.1 Å². The third-order valence-electron chi connectivity index (χ3n) is 4.62. The van der Waals surface area contributed by atoms with Crippen LogP contribution in [0.3, 0.4) is 0 Å². The van der Waals surface area contributed by atoms with Gasteiger partial charge in [0.25, 0.3) is 10.1 Å². The summed E-state index contributed by atoms with van der Waals surface area (Å²) in [5, 5.41) is 4.64. The first-order valence-electron chi connectivity index (χ1n) is 9.82. The molecular weight excluding hydrogens is 466 g/mol. The normalized spacial score (nSPS) is 11.8. The molecule has 0 bridgehead atoms. The van der Waals surface area contributed by atoms with E-state index in [9.17, 15) is 26.2 Å². The van der Waals surface area contributed by atoms with E-state index in [0.717, 1.165) is 6.07 Å². The number of amides is 2. The number of para-hydroxylation sites is 1. The summed E-state index contributed by atoms with van der Waals surface area (Å²) in [6.45, 7) is 3.02. The Morgan fingerprint density at radius 1 is 0.788 bits per heavy atom. The average molecular weight is 490 g/mol. The highest BCUT2D eigenvalue weighted by Crippen LogP contribution is 2.31. The van der Waals surface area contributed by atoms with Crippen LogP contribution >= 0.6 is 0 Å². The minimum absolute atomic E-state index is 0.0988. The number of urea groups is 1. The molecule has 0 aliphatic rings. The molecule has 0 unspecified atom stereocenters. The van der Waals surface area contributed by atoms with E-state index < -0.39 is 31.4 Å². The number of sulfonamides is 1. The van der Waals surface area contributed by atoms with E-state index in [1.165, 1.54) is 26.0 Å². The van der Waals surface area contributed by atoms with Gasteiger partial charge in [-0.2, -0.15) is 8.42 Å². The van der Waals surface area contributed by atoms with Gasteiger partial charge in [0, 0.05) is 22.6 Å². The molecule has 0 heterocycles. The van der Waals surface area contributed by atoms with Crippen molar-refractivity contribution < 1.29 is 26.2 Å².